The number of ether oxygens (including phenoxy) is 1. The van der Waals surface area contributed by atoms with E-state index < -0.39 is 29.5 Å². The van der Waals surface area contributed by atoms with E-state index in [1.165, 1.54) is 4.90 Å². The number of aryl methyl sites for hydroxylation is 1. The van der Waals surface area contributed by atoms with Crippen molar-refractivity contribution in [1.82, 2.24) is 4.90 Å². The smallest absolute Gasteiger partial charge is 0.330 e. The molecule has 1 fully saturated rings. The molecule has 6 heteroatoms. The number of carbonyl (C=O) groups excluding carboxylic acids is 2. The van der Waals surface area contributed by atoms with E-state index in [4.69, 9.17) is 4.74 Å². The average molecular weight is 361 g/mol. The quantitative estimate of drug-likeness (QED) is 0.788. The van der Waals surface area contributed by atoms with Crippen LogP contribution in [0.4, 0.5) is 0 Å². The van der Waals surface area contributed by atoms with Crippen molar-refractivity contribution < 1.29 is 24.2 Å². The van der Waals surface area contributed by atoms with Crippen LogP contribution in [0.25, 0.3) is 0 Å². The number of amides is 1. The molecule has 1 aliphatic rings. The topological polar surface area (TPSA) is 83.9 Å². The van der Waals surface area contributed by atoms with Gasteiger partial charge in [0.1, 0.15) is 11.6 Å². The first-order valence-electron chi connectivity index (χ1n) is 8.98. The van der Waals surface area contributed by atoms with Crippen LogP contribution in [-0.2, 0) is 25.5 Å². The summed E-state index contributed by atoms with van der Waals surface area (Å²) in [5.74, 6) is -2.82. The number of carboxylic acids is 1. The molecule has 2 atom stereocenters. The zero-order chi connectivity index (χ0) is 19.3. The molecule has 1 N–H and O–H groups in total. The highest BCUT2D eigenvalue weighted by molar-refractivity contribution is 5.90. The van der Waals surface area contributed by atoms with Crippen molar-refractivity contribution >= 4 is 17.8 Å². The van der Waals surface area contributed by atoms with Crippen molar-refractivity contribution in [3.8, 4) is 0 Å². The first-order chi connectivity index (χ1) is 12.2. The molecule has 1 aromatic rings. The number of hydrogen-bond donors (Lipinski definition) is 1. The van der Waals surface area contributed by atoms with Gasteiger partial charge in [0.2, 0.25) is 5.91 Å². The second kappa shape index (κ2) is 8.34. The van der Waals surface area contributed by atoms with Gasteiger partial charge in [-0.15, -0.1) is 0 Å². The minimum Gasteiger partial charge on any atom is -0.481 e. The van der Waals surface area contributed by atoms with Crippen LogP contribution in [0.2, 0.25) is 0 Å². The molecule has 1 heterocycles. The highest BCUT2D eigenvalue weighted by Crippen LogP contribution is 2.28. The minimum absolute atomic E-state index is 0.194. The number of likely N-dealkylation sites (tertiary alicyclic amines) is 1. The number of rotatable bonds is 6. The van der Waals surface area contributed by atoms with Crippen LogP contribution < -0.4 is 0 Å². The van der Waals surface area contributed by atoms with Crippen molar-refractivity contribution in [2.24, 2.45) is 5.92 Å². The Morgan fingerprint density at radius 1 is 1.19 bits per heavy atom. The van der Waals surface area contributed by atoms with Gasteiger partial charge in [0.25, 0.3) is 0 Å². The molecule has 1 aliphatic heterocycles. The Morgan fingerprint density at radius 3 is 2.42 bits per heavy atom. The second-order valence-electron chi connectivity index (χ2n) is 7.64. The summed E-state index contributed by atoms with van der Waals surface area (Å²) in [6.45, 7) is 5.44. The van der Waals surface area contributed by atoms with E-state index in [9.17, 15) is 19.5 Å². The van der Waals surface area contributed by atoms with Crippen molar-refractivity contribution in [2.75, 3.05) is 6.54 Å². The average Bonchev–Trinajstić information content (AvgIpc) is 2.99. The van der Waals surface area contributed by atoms with E-state index in [1.54, 1.807) is 20.8 Å². The number of carbonyl (C=O) groups is 3. The maximum atomic E-state index is 12.6. The highest BCUT2D eigenvalue weighted by Gasteiger charge is 2.47. The lowest BCUT2D eigenvalue weighted by Crippen LogP contribution is -2.47. The van der Waals surface area contributed by atoms with Gasteiger partial charge in [0.15, 0.2) is 0 Å². The van der Waals surface area contributed by atoms with E-state index in [1.807, 2.05) is 30.3 Å². The van der Waals surface area contributed by atoms with Gasteiger partial charge in [-0.1, -0.05) is 30.3 Å². The molecule has 26 heavy (non-hydrogen) atoms. The zero-order valence-corrected chi connectivity index (χ0v) is 15.6. The van der Waals surface area contributed by atoms with E-state index in [2.05, 4.69) is 0 Å². The van der Waals surface area contributed by atoms with Gasteiger partial charge in [-0.2, -0.15) is 0 Å². The number of hydrogen-bond acceptors (Lipinski definition) is 4. The van der Waals surface area contributed by atoms with Gasteiger partial charge in [-0.25, -0.2) is 4.79 Å². The fourth-order valence-electron chi connectivity index (χ4n) is 3.22. The van der Waals surface area contributed by atoms with E-state index in [0.717, 1.165) is 12.0 Å². The standard InChI is InChI=1S/C20H27NO5/c1-20(2,3)26-19(25)17-15(18(23)24)12-13-21(17)16(22)11-7-10-14-8-5-4-6-9-14/h4-6,8-9,15,17H,7,10-13H2,1-3H3,(H,23,24)/t15?,17-/m0/s1. The molecule has 0 aromatic heterocycles. The lowest BCUT2D eigenvalue weighted by Gasteiger charge is -2.29. The van der Waals surface area contributed by atoms with Crippen LogP contribution >= 0.6 is 0 Å². The predicted octanol–water partition coefficient (Wildman–Crippen LogP) is 2.65. The summed E-state index contributed by atoms with van der Waals surface area (Å²) >= 11 is 0. The van der Waals surface area contributed by atoms with Crippen LogP contribution in [0.3, 0.4) is 0 Å². The number of nitrogens with zero attached hydrogens (tertiary/aromatic N) is 1. The molecule has 0 bridgehead atoms. The lowest BCUT2D eigenvalue weighted by atomic mass is 10.00. The Morgan fingerprint density at radius 2 is 1.85 bits per heavy atom. The third-order valence-corrected chi connectivity index (χ3v) is 4.38. The van der Waals surface area contributed by atoms with Crippen LogP contribution in [0.15, 0.2) is 30.3 Å². The van der Waals surface area contributed by atoms with Gasteiger partial charge >= 0.3 is 11.9 Å². The first-order valence-corrected chi connectivity index (χ1v) is 8.98. The van der Waals surface area contributed by atoms with Crippen molar-refractivity contribution in [1.29, 1.82) is 0 Å². The van der Waals surface area contributed by atoms with Crippen molar-refractivity contribution in [3.05, 3.63) is 35.9 Å². The molecule has 1 unspecified atom stereocenters. The van der Waals surface area contributed by atoms with Crippen LogP contribution in [0.1, 0.15) is 45.6 Å². The van der Waals surface area contributed by atoms with E-state index >= 15 is 0 Å². The third-order valence-electron chi connectivity index (χ3n) is 4.38. The molecule has 0 saturated carbocycles. The molecule has 1 amide bonds. The van der Waals surface area contributed by atoms with Crippen LogP contribution in [0.5, 0.6) is 0 Å². The molecule has 2 rings (SSSR count). The molecule has 0 spiro atoms. The van der Waals surface area contributed by atoms with E-state index in [0.29, 0.717) is 6.42 Å². The third kappa shape index (κ3) is 5.31. The Hall–Kier alpha value is -2.37. The summed E-state index contributed by atoms with van der Waals surface area (Å²) in [4.78, 5) is 38.0. The number of aliphatic carboxylic acids is 1. The fraction of sp³-hybridized carbons (Fsp3) is 0.550. The summed E-state index contributed by atoms with van der Waals surface area (Å²) in [5.41, 5.74) is 0.416. The van der Waals surface area contributed by atoms with Gasteiger partial charge in [-0.05, 0) is 45.6 Å². The van der Waals surface area contributed by atoms with E-state index in [-0.39, 0.29) is 25.3 Å². The molecule has 1 aromatic carbocycles. The molecule has 6 nitrogen and oxygen atoms in total. The molecule has 0 aliphatic carbocycles. The maximum absolute atomic E-state index is 12.6. The SMILES string of the molecule is CC(C)(C)OC(=O)[C@@H]1C(C(=O)O)CCN1C(=O)CCCc1ccccc1. The van der Waals surface area contributed by atoms with Gasteiger partial charge < -0.3 is 14.7 Å². The maximum Gasteiger partial charge on any atom is 0.330 e. The summed E-state index contributed by atoms with van der Waals surface area (Å²) < 4.78 is 5.36. The molecule has 0 radical (unpaired) electrons. The minimum atomic E-state index is -1.07. The molecule has 142 valence electrons. The summed E-state index contributed by atoms with van der Waals surface area (Å²) in [7, 11) is 0. The lowest BCUT2D eigenvalue weighted by molar-refractivity contribution is -0.167. The number of esters is 1. The highest BCUT2D eigenvalue weighted by atomic mass is 16.6. The largest absolute Gasteiger partial charge is 0.481 e. The van der Waals surface area contributed by atoms with Gasteiger partial charge in [0, 0.05) is 13.0 Å². The molecule has 1 saturated heterocycles. The van der Waals surface area contributed by atoms with Gasteiger partial charge in [0.05, 0.1) is 5.92 Å². The summed E-state index contributed by atoms with van der Waals surface area (Å²) in [6.07, 6.45) is 1.96. The Kier molecular flexibility index (Phi) is 6.40. The molecular weight excluding hydrogens is 334 g/mol. The van der Waals surface area contributed by atoms with Crippen molar-refractivity contribution in [3.63, 3.8) is 0 Å². The first kappa shape index (κ1) is 19.9. The zero-order valence-electron chi connectivity index (χ0n) is 15.6. The number of carboxylic acid groups (broad SMARTS) is 1. The Labute approximate surface area is 154 Å². The predicted molar refractivity (Wildman–Crippen MR) is 96.5 cm³/mol. The van der Waals surface area contributed by atoms with Crippen LogP contribution in [-0.4, -0.2) is 46.0 Å². The molecular formula is C20H27NO5. The Bertz CT molecular complexity index is 650. The summed E-state index contributed by atoms with van der Waals surface area (Å²) in [5, 5.41) is 9.41. The van der Waals surface area contributed by atoms with Gasteiger partial charge in [-0.3, -0.25) is 9.59 Å². The monoisotopic (exact) mass is 361 g/mol. The normalized spacial score (nSPS) is 20.0. The fourth-order valence-corrected chi connectivity index (χ4v) is 3.22. The summed E-state index contributed by atoms with van der Waals surface area (Å²) in [6, 6.07) is 8.81. The number of benzene rings is 1. The second-order valence-corrected chi connectivity index (χ2v) is 7.64. The van der Waals surface area contributed by atoms with Crippen LogP contribution in [0, 0.1) is 5.92 Å². The Balaban J connectivity index is 2.01. The van der Waals surface area contributed by atoms with Crippen molar-refractivity contribution in [2.45, 2.75) is 58.1 Å².